The second-order valence-electron chi connectivity index (χ2n) is 15.1. The number of rotatable bonds is 13. The summed E-state index contributed by atoms with van der Waals surface area (Å²) in [5, 5.41) is 9.73. The molecule has 0 radical (unpaired) electrons. The molecule has 14 nitrogen and oxygen atoms in total. The van der Waals surface area contributed by atoms with Crippen LogP contribution in [0, 0.1) is 0 Å². The number of ether oxygens (including phenoxy) is 1. The number of benzene rings is 3. The van der Waals surface area contributed by atoms with Crippen LogP contribution in [0.2, 0.25) is 5.02 Å². The molecule has 58 heavy (non-hydrogen) atoms. The molecule has 3 aromatic carbocycles. The molecule has 5 amide bonds. The van der Waals surface area contributed by atoms with Crippen molar-refractivity contribution < 1.29 is 33.3 Å². The molecule has 3 N–H and O–H groups in total. The van der Waals surface area contributed by atoms with Crippen molar-refractivity contribution in [3.8, 4) is 5.75 Å². The zero-order chi connectivity index (χ0) is 41.1. The van der Waals surface area contributed by atoms with Gasteiger partial charge in [0.25, 0.3) is 11.8 Å². The molecule has 3 aliphatic rings. The summed E-state index contributed by atoms with van der Waals surface area (Å²) in [5.41, 5.74) is 4.26. The Labute approximate surface area is 341 Å². The summed E-state index contributed by atoms with van der Waals surface area (Å²) in [4.78, 5) is 76.0. The summed E-state index contributed by atoms with van der Waals surface area (Å²) in [6.45, 7) is 5.21. The summed E-state index contributed by atoms with van der Waals surface area (Å²) in [6, 6.07) is 17.5. The summed E-state index contributed by atoms with van der Waals surface area (Å²) >= 11 is 6.53. The van der Waals surface area contributed by atoms with Crippen molar-refractivity contribution in [2.45, 2.75) is 57.0 Å². The SMILES string of the molecule is COc1cc(N2CCC(NC(=O)CCNc3cccc4c3C(=O)N(C3CCC(=O)NC3=O)C4=O)CC2)ccc1Cc1ncc(Cl)c(Cc2ccccc2P(C)(C)=O)n1. The minimum absolute atomic E-state index is 0.00280. The molecule has 2 fully saturated rings. The smallest absolute Gasteiger partial charge is 0.264 e. The standard InChI is InChI=1S/C42H45ClN7O7P/c1-57-34-23-28(12-11-25(34)22-36-45-24-30(43)32(47-36)21-26-7-4-5-10-35(26)58(2,3)56)49-19-16-27(17-20-49)46-38(52)15-18-44-31-9-6-8-29-39(31)42(55)50(41(29)54)33-13-14-37(51)48-40(33)53/h4-12,23-24,27,33,44H,13-22H2,1-3H3,(H,46,52)(H,48,51,53). The van der Waals surface area contributed by atoms with E-state index in [1.807, 2.05) is 36.4 Å². The largest absolute Gasteiger partial charge is 0.496 e. The molecule has 0 spiro atoms. The third kappa shape index (κ3) is 8.78. The monoisotopic (exact) mass is 825 g/mol. The Bertz CT molecular complexity index is 2340. The number of hydrogen-bond donors (Lipinski definition) is 3. The number of imide groups is 2. The van der Waals surface area contributed by atoms with Crippen LogP contribution < -0.4 is 30.9 Å². The zero-order valence-electron chi connectivity index (χ0n) is 32.5. The van der Waals surface area contributed by atoms with Crippen molar-refractivity contribution in [1.29, 1.82) is 0 Å². The molecule has 3 aliphatic heterocycles. The minimum atomic E-state index is -2.50. The van der Waals surface area contributed by atoms with Gasteiger partial charge >= 0.3 is 0 Å². The fourth-order valence-corrected chi connectivity index (χ4v) is 9.27. The lowest BCUT2D eigenvalue weighted by Gasteiger charge is -2.34. The number of anilines is 2. The Morgan fingerprint density at radius 3 is 2.48 bits per heavy atom. The Morgan fingerprint density at radius 2 is 1.74 bits per heavy atom. The van der Waals surface area contributed by atoms with E-state index in [1.165, 1.54) is 6.07 Å². The zero-order valence-corrected chi connectivity index (χ0v) is 34.2. The second kappa shape index (κ2) is 17.1. The maximum Gasteiger partial charge on any atom is 0.264 e. The Hall–Kier alpha value is -5.59. The van der Waals surface area contributed by atoms with Crippen molar-refractivity contribution in [3.05, 3.63) is 106 Å². The van der Waals surface area contributed by atoms with Gasteiger partial charge in [0.1, 0.15) is 24.8 Å². The Balaban J connectivity index is 0.905. The van der Waals surface area contributed by atoms with Crippen molar-refractivity contribution in [2.75, 3.05) is 50.3 Å². The van der Waals surface area contributed by atoms with Crippen LogP contribution in [0.5, 0.6) is 5.75 Å². The Morgan fingerprint density at radius 1 is 0.966 bits per heavy atom. The van der Waals surface area contributed by atoms with E-state index in [-0.39, 0.29) is 48.9 Å². The van der Waals surface area contributed by atoms with Gasteiger partial charge < -0.3 is 24.8 Å². The number of nitrogens with zero attached hydrogens (tertiary/aromatic N) is 4. The summed E-state index contributed by atoms with van der Waals surface area (Å²) in [6.07, 6.45) is 4.24. The van der Waals surface area contributed by atoms with Crippen LogP contribution in [0.3, 0.4) is 0 Å². The van der Waals surface area contributed by atoms with Gasteiger partial charge in [0.2, 0.25) is 17.7 Å². The van der Waals surface area contributed by atoms with E-state index in [4.69, 9.17) is 21.3 Å². The van der Waals surface area contributed by atoms with Crippen molar-refractivity contribution >= 4 is 65.0 Å². The van der Waals surface area contributed by atoms with Crippen molar-refractivity contribution in [1.82, 2.24) is 25.5 Å². The third-order valence-corrected chi connectivity index (χ3v) is 12.7. The first-order valence-corrected chi connectivity index (χ1v) is 22.2. The second-order valence-corrected chi connectivity index (χ2v) is 18.7. The maximum atomic E-state index is 13.4. The number of hydrogen-bond acceptors (Lipinski definition) is 11. The normalized spacial score (nSPS) is 17.3. The van der Waals surface area contributed by atoms with Crippen LogP contribution in [0.4, 0.5) is 11.4 Å². The molecule has 4 aromatic rings. The lowest BCUT2D eigenvalue weighted by Crippen LogP contribution is -2.54. The predicted molar refractivity (Wildman–Crippen MR) is 221 cm³/mol. The van der Waals surface area contributed by atoms with Gasteiger partial charge in [-0.2, -0.15) is 0 Å². The van der Waals surface area contributed by atoms with Crippen LogP contribution >= 0.6 is 18.7 Å². The number of aromatic nitrogens is 2. The predicted octanol–water partition coefficient (Wildman–Crippen LogP) is 4.56. The van der Waals surface area contributed by atoms with E-state index < -0.39 is 36.8 Å². The number of fused-ring (bicyclic) bond motifs is 1. The molecule has 1 aromatic heterocycles. The Kier molecular flexibility index (Phi) is 12.0. The van der Waals surface area contributed by atoms with Gasteiger partial charge in [-0.3, -0.25) is 34.2 Å². The molecule has 7 rings (SSSR count). The molecule has 1 atom stereocenters. The first-order chi connectivity index (χ1) is 27.8. The maximum absolute atomic E-state index is 13.4. The van der Waals surface area contributed by atoms with Gasteiger partial charge in [-0.25, -0.2) is 9.97 Å². The van der Waals surface area contributed by atoms with Gasteiger partial charge in [0.15, 0.2) is 0 Å². The highest BCUT2D eigenvalue weighted by atomic mass is 35.5. The molecule has 0 bridgehead atoms. The summed E-state index contributed by atoms with van der Waals surface area (Å²) in [5.74, 6) is -1.12. The van der Waals surface area contributed by atoms with Crippen LogP contribution in [0.15, 0.2) is 66.9 Å². The highest BCUT2D eigenvalue weighted by molar-refractivity contribution is 7.70. The molecule has 0 aliphatic carbocycles. The molecule has 2 saturated heterocycles. The molecule has 1 unspecified atom stereocenters. The average Bonchev–Trinajstić information content (AvgIpc) is 3.45. The summed E-state index contributed by atoms with van der Waals surface area (Å²) < 4.78 is 18.7. The molecule has 4 heterocycles. The lowest BCUT2D eigenvalue weighted by atomic mass is 10.0. The van der Waals surface area contributed by atoms with Gasteiger partial charge in [-0.05, 0) is 56.4 Å². The van der Waals surface area contributed by atoms with Crippen LogP contribution in [0.25, 0.3) is 0 Å². The van der Waals surface area contributed by atoms with Gasteiger partial charge in [0, 0.05) is 85.9 Å². The molecular weight excluding hydrogens is 781 g/mol. The first kappa shape index (κ1) is 40.6. The topological polar surface area (TPSA) is 180 Å². The molecule has 0 saturated carbocycles. The number of carbonyl (C=O) groups excluding carboxylic acids is 5. The highest BCUT2D eigenvalue weighted by Crippen LogP contribution is 2.37. The van der Waals surface area contributed by atoms with E-state index in [0.717, 1.165) is 52.9 Å². The number of carbonyl (C=O) groups is 5. The van der Waals surface area contributed by atoms with Gasteiger partial charge in [-0.15, -0.1) is 0 Å². The van der Waals surface area contributed by atoms with E-state index in [2.05, 4.69) is 31.9 Å². The number of amides is 5. The highest BCUT2D eigenvalue weighted by Gasteiger charge is 2.45. The van der Waals surface area contributed by atoms with E-state index in [0.29, 0.717) is 40.8 Å². The van der Waals surface area contributed by atoms with E-state index in [9.17, 15) is 28.5 Å². The van der Waals surface area contributed by atoms with Crippen LogP contribution in [0.1, 0.15) is 75.5 Å². The average molecular weight is 826 g/mol. The number of piperidine rings is 2. The quantitative estimate of drug-likeness (QED) is 0.127. The van der Waals surface area contributed by atoms with E-state index >= 15 is 0 Å². The third-order valence-electron chi connectivity index (χ3n) is 10.8. The fourth-order valence-electron chi connectivity index (χ4n) is 7.82. The van der Waals surface area contributed by atoms with Crippen LogP contribution in [-0.2, 0) is 31.8 Å². The van der Waals surface area contributed by atoms with Crippen molar-refractivity contribution in [3.63, 3.8) is 0 Å². The molecular formula is C42H45ClN7O7P. The first-order valence-electron chi connectivity index (χ1n) is 19.2. The van der Waals surface area contributed by atoms with Crippen molar-refractivity contribution in [2.24, 2.45) is 0 Å². The molecule has 302 valence electrons. The van der Waals surface area contributed by atoms with E-state index in [1.54, 1.807) is 38.8 Å². The van der Waals surface area contributed by atoms with Crippen LogP contribution in [-0.4, -0.2) is 96.6 Å². The minimum Gasteiger partial charge on any atom is -0.496 e. The van der Waals surface area contributed by atoms with Gasteiger partial charge in [0.05, 0.1) is 29.0 Å². The van der Waals surface area contributed by atoms with Gasteiger partial charge in [-0.1, -0.05) is 48.0 Å². The fraction of sp³-hybridized carbons (Fsp3) is 0.357. The lowest BCUT2D eigenvalue weighted by molar-refractivity contribution is -0.136. The number of methoxy groups -OCH3 is 1. The number of nitrogens with one attached hydrogen (secondary N) is 3. The molecule has 16 heteroatoms. The number of halogens is 1. The summed E-state index contributed by atoms with van der Waals surface area (Å²) in [7, 11) is -0.862.